The van der Waals surface area contributed by atoms with Crippen LogP contribution >= 0.6 is 12.2 Å². The van der Waals surface area contributed by atoms with Crippen molar-refractivity contribution in [2.75, 3.05) is 0 Å². The minimum absolute atomic E-state index is 0.197. The molecule has 0 bridgehead atoms. The first-order valence-electron chi connectivity index (χ1n) is 4.16. The lowest BCUT2D eigenvalue weighted by atomic mass is 9.81. The van der Waals surface area contributed by atoms with Crippen molar-refractivity contribution in [2.45, 2.75) is 48.0 Å². The lowest BCUT2D eigenvalue weighted by Crippen LogP contribution is -2.23. The average Bonchev–Trinajstić information content (AvgIpc) is 1.56. The summed E-state index contributed by atoms with van der Waals surface area (Å²) in [5, 5.41) is 0. The van der Waals surface area contributed by atoms with Crippen LogP contribution in [0.25, 0.3) is 0 Å². The maximum absolute atomic E-state index is 5.34. The van der Waals surface area contributed by atoms with Gasteiger partial charge in [-0.25, -0.2) is 0 Å². The highest BCUT2D eigenvalue weighted by molar-refractivity contribution is 7.80. The van der Waals surface area contributed by atoms with Crippen LogP contribution in [-0.4, -0.2) is 4.86 Å². The van der Waals surface area contributed by atoms with Gasteiger partial charge in [0, 0.05) is 0 Å². The highest BCUT2D eigenvalue weighted by Gasteiger charge is 2.22. The molecule has 0 fully saturated rings. The fourth-order valence-corrected chi connectivity index (χ4v) is 1.18. The molecular weight excluding hydrogens is 152 g/mol. The molecule has 0 nitrogen and oxygen atoms in total. The number of rotatable bonds is 1. The Balaban J connectivity index is 4.11. The Morgan fingerprint density at radius 1 is 1.00 bits per heavy atom. The number of thiocarbonyl (C=S) groups is 1. The van der Waals surface area contributed by atoms with Crippen LogP contribution in [0.5, 0.6) is 0 Å². The van der Waals surface area contributed by atoms with Crippen LogP contribution in [0.15, 0.2) is 0 Å². The molecule has 1 heteroatoms. The van der Waals surface area contributed by atoms with Gasteiger partial charge in [-0.3, -0.25) is 0 Å². The summed E-state index contributed by atoms with van der Waals surface area (Å²) in [6.45, 7) is 13.2. The zero-order chi connectivity index (χ0) is 9.28. The largest absolute Gasteiger partial charge is 0.0891 e. The third kappa shape index (κ3) is 5.37. The molecule has 0 aliphatic heterocycles. The first-order chi connectivity index (χ1) is 4.63. The van der Waals surface area contributed by atoms with Crippen molar-refractivity contribution in [3.05, 3.63) is 0 Å². The SMILES string of the molecule is CC(C)(C)CC(=S)C(C)(C)C. The van der Waals surface area contributed by atoms with Crippen LogP contribution < -0.4 is 0 Å². The summed E-state index contributed by atoms with van der Waals surface area (Å²) in [5.74, 6) is 0. The summed E-state index contributed by atoms with van der Waals surface area (Å²) >= 11 is 5.34. The molecule has 0 radical (unpaired) electrons. The first-order valence-corrected chi connectivity index (χ1v) is 4.57. The molecular formula is C10H20S. The second-order valence-corrected chi connectivity index (χ2v) is 5.90. The smallest absolute Gasteiger partial charge is 0.00128 e. The molecule has 0 spiro atoms. The summed E-state index contributed by atoms with van der Waals surface area (Å²) in [6.07, 6.45) is 1.05. The minimum atomic E-state index is 0.197. The summed E-state index contributed by atoms with van der Waals surface area (Å²) < 4.78 is 0. The van der Waals surface area contributed by atoms with Crippen molar-refractivity contribution >= 4 is 17.1 Å². The second-order valence-electron chi connectivity index (χ2n) is 5.41. The topological polar surface area (TPSA) is 0 Å². The molecule has 0 aliphatic rings. The van der Waals surface area contributed by atoms with Gasteiger partial charge in [0.05, 0.1) is 0 Å². The van der Waals surface area contributed by atoms with Gasteiger partial charge in [-0.15, -0.1) is 0 Å². The van der Waals surface area contributed by atoms with Crippen LogP contribution in [0.2, 0.25) is 0 Å². The Morgan fingerprint density at radius 2 is 1.36 bits per heavy atom. The van der Waals surface area contributed by atoms with E-state index in [0.29, 0.717) is 5.41 Å². The van der Waals surface area contributed by atoms with Crippen molar-refractivity contribution in [1.29, 1.82) is 0 Å². The molecule has 0 atom stereocenters. The standard InChI is InChI=1S/C10H20S/c1-9(2,3)7-8(11)10(4,5)6/h7H2,1-6H3. The van der Waals surface area contributed by atoms with Crippen molar-refractivity contribution < 1.29 is 0 Å². The van der Waals surface area contributed by atoms with E-state index >= 15 is 0 Å². The molecule has 0 rings (SSSR count). The molecule has 0 heterocycles. The lowest BCUT2D eigenvalue weighted by Gasteiger charge is -2.26. The molecule has 66 valence electrons. The highest BCUT2D eigenvalue weighted by Crippen LogP contribution is 2.27. The van der Waals surface area contributed by atoms with Crippen LogP contribution in [0, 0.1) is 10.8 Å². The van der Waals surface area contributed by atoms with E-state index in [1.54, 1.807) is 0 Å². The van der Waals surface area contributed by atoms with Crippen molar-refractivity contribution in [3.63, 3.8) is 0 Å². The van der Waals surface area contributed by atoms with E-state index in [1.165, 1.54) is 4.86 Å². The van der Waals surface area contributed by atoms with Crippen LogP contribution in [0.4, 0.5) is 0 Å². The zero-order valence-electron chi connectivity index (χ0n) is 8.62. The Bertz CT molecular complexity index is 143. The Morgan fingerprint density at radius 3 is 1.45 bits per heavy atom. The summed E-state index contributed by atoms with van der Waals surface area (Å²) in [6, 6.07) is 0. The number of hydrogen-bond donors (Lipinski definition) is 0. The molecule has 0 aromatic carbocycles. The molecule has 0 amide bonds. The lowest BCUT2D eigenvalue weighted by molar-refractivity contribution is 0.418. The Hall–Kier alpha value is 0.0900. The van der Waals surface area contributed by atoms with Gasteiger partial charge in [-0.2, -0.15) is 0 Å². The van der Waals surface area contributed by atoms with Gasteiger partial charge in [0.15, 0.2) is 0 Å². The fourth-order valence-electron chi connectivity index (χ4n) is 0.747. The highest BCUT2D eigenvalue weighted by atomic mass is 32.1. The first kappa shape index (κ1) is 11.1. The second kappa shape index (κ2) is 3.22. The molecule has 0 aliphatic carbocycles. The van der Waals surface area contributed by atoms with Gasteiger partial charge in [-0.05, 0) is 22.1 Å². The van der Waals surface area contributed by atoms with Gasteiger partial charge >= 0.3 is 0 Å². The molecule has 0 saturated carbocycles. The van der Waals surface area contributed by atoms with Gasteiger partial charge in [0.25, 0.3) is 0 Å². The maximum Gasteiger partial charge on any atom is -0.00128 e. The molecule has 0 aromatic heterocycles. The molecule has 0 N–H and O–H groups in total. The van der Waals surface area contributed by atoms with Crippen LogP contribution in [0.1, 0.15) is 48.0 Å². The van der Waals surface area contributed by atoms with Crippen LogP contribution in [-0.2, 0) is 0 Å². The molecule has 0 saturated heterocycles. The van der Waals surface area contributed by atoms with E-state index in [-0.39, 0.29) is 5.41 Å². The fraction of sp³-hybridized carbons (Fsp3) is 0.900. The van der Waals surface area contributed by atoms with E-state index in [0.717, 1.165) is 6.42 Å². The zero-order valence-corrected chi connectivity index (χ0v) is 9.43. The summed E-state index contributed by atoms with van der Waals surface area (Å²) in [5.41, 5.74) is 0.535. The van der Waals surface area contributed by atoms with Crippen molar-refractivity contribution in [3.8, 4) is 0 Å². The predicted molar refractivity (Wildman–Crippen MR) is 56.1 cm³/mol. The van der Waals surface area contributed by atoms with Gasteiger partial charge < -0.3 is 0 Å². The molecule has 0 aromatic rings. The number of hydrogen-bond acceptors (Lipinski definition) is 1. The van der Waals surface area contributed by atoms with E-state index in [2.05, 4.69) is 41.5 Å². The van der Waals surface area contributed by atoms with E-state index in [4.69, 9.17) is 12.2 Å². The third-order valence-electron chi connectivity index (χ3n) is 1.53. The van der Waals surface area contributed by atoms with Gasteiger partial charge in [0.2, 0.25) is 0 Å². The van der Waals surface area contributed by atoms with E-state index in [9.17, 15) is 0 Å². The quantitative estimate of drug-likeness (QED) is 0.542. The summed E-state index contributed by atoms with van der Waals surface area (Å²) in [7, 11) is 0. The average molecular weight is 172 g/mol. The van der Waals surface area contributed by atoms with Crippen LogP contribution in [0.3, 0.4) is 0 Å². The Kier molecular flexibility index (Phi) is 3.25. The van der Waals surface area contributed by atoms with Gasteiger partial charge in [-0.1, -0.05) is 53.8 Å². The third-order valence-corrected chi connectivity index (χ3v) is 2.28. The normalized spacial score (nSPS) is 13.3. The predicted octanol–water partition coefficient (Wildman–Crippen LogP) is 3.84. The van der Waals surface area contributed by atoms with Crippen molar-refractivity contribution in [2.24, 2.45) is 10.8 Å². The monoisotopic (exact) mass is 172 g/mol. The Labute approximate surface area is 76.4 Å². The van der Waals surface area contributed by atoms with Crippen molar-refractivity contribution in [1.82, 2.24) is 0 Å². The maximum atomic E-state index is 5.34. The summed E-state index contributed by atoms with van der Waals surface area (Å²) in [4.78, 5) is 1.19. The van der Waals surface area contributed by atoms with E-state index < -0.39 is 0 Å². The molecule has 0 unspecified atom stereocenters. The minimum Gasteiger partial charge on any atom is -0.0891 e. The molecule has 11 heavy (non-hydrogen) atoms. The van der Waals surface area contributed by atoms with Gasteiger partial charge in [0.1, 0.15) is 0 Å². The van der Waals surface area contributed by atoms with E-state index in [1.807, 2.05) is 0 Å².